The van der Waals surface area contributed by atoms with E-state index in [0.717, 1.165) is 35.7 Å². The van der Waals surface area contributed by atoms with Gasteiger partial charge in [-0.3, -0.25) is 4.79 Å². The second-order valence-electron chi connectivity index (χ2n) is 5.56. The molecule has 0 aliphatic heterocycles. The molecule has 0 unspecified atom stereocenters. The van der Waals surface area contributed by atoms with Crippen LogP contribution in [0.15, 0.2) is 48.5 Å². The van der Waals surface area contributed by atoms with E-state index in [1.807, 2.05) is 42.5 Å². The highest BCUT2D eigenvalue weighted by Crippen LogP contribution is 2.17. The molecular formula is C19H22ClNO3. The molecule has 2 aromatic carbocycles. The van der Waals surface area contributed by atoms with Crippen molar-refractivity contribution in [1.29, 1.82) is 0 Å². The Morgan fingerprint density at radius 1 is 1.08 bits per heavy atom. The minimum absolute atomic E-state index is 0.161. The third-order valence-corrected chi connectivity index (χ3v) is 3.80. The summed E-state index contributed by atoms with van der Waals surface area (Å²) in [4.78, 5) is 10.4. The Hall–Kier alpha value is -2.04. The van der Waals surface area contributed by atoms with Crippen LogP contribution < -0.4 is 10.1 Å². The molecule has 5 heteroatoms. The SMILES string of the molecule is O=C(O)CCNCCCc1cccc(OCc2ccc(Cl)cc2)c1. The summed E-state index contributed by atoms with van der Waals surface area (Å²) in [6.45, 7) is 1.83. The first-order valence-electron chi connectivity index (χ1n) is 8.02. The molecular weight excluding hydrogens is 326 g/mol. The molecule has 0 aliphatic carbocycles. The number of hydrogen-bond acceptors (Lipinski definition) is 3. The second-order valence-corrected chi connectivity index (χ2v) is 6.00. The van der Waals surface area contributed by atoms with E-state index in [1.165, 1.54) is 5.56 Å². The number of benzene rings is 2. The quantitative estimate of drug-likeness (QED) is 0.640. The fourth-order valence-corrected chi connectivity index (χ4v) is 2.40. The molecule has 0 heterocycles. The van der Waals surface area contributed by atoms with Crippen molar-refractivity contribution in [3.63, 3.8) is 0 Å². The van der Waals surface area contributed by atoms with Crippen LogP contribution in [0.2, 0.25) is 5.02 Å². The third kappa shape index (κ3) is 7.02. The average Bonchev–Trinajstić information content (AvgIpc) is 2.58. The van der Waals surface area contributed by atoms with Crippen LogP contribution in [0.25, 0.3) is 0 Å². The van der Waals surface area contributed by atoms with Gasteiger partial charge in [-0.05, 0) is 54.8 Å². The zero-order valence-corrected chi connectivity index (χ0v) is 14.3. The molecule has 0 spiro atoms. The number of carboxylic acids is 1. The van der Waals surface area contributed by atoms with Gasteiger partial charge in [0.05, 0.1) is 6.42 Å². The first-order chi connectivity index (χ1) is 11.6. The summed E-state index contributed by atoms with van der Waals surface area (Å²) in [5.74, 6) is 0.0781. The van der Waals surface area contributed by atoms with Gasteiger partial charge < -0.3 is 15.2 Å². The van der Waals surface area contributed by atoms with Crippen molar-refractivity contribution >= 4 is 17.6 Å². The Labute approximate surface area is 147 Å². The Bertz CT molecular complexity index is 643. The summed E-state index contributed by atoms with van der Waals surface area (Å²) in [5.41, 5.74) is 2.29. The molecule has 0 amide bonds. The smallest absolute Gasteiger partial charge is 0.304 e. The maximum atomic E-state index is 10.4. The van der Waals surface area contributed by atoms with E-state index in [4.69, 9.17) is 21.4 Å². The minimum atomic E-state index is -0.770. The topological polar surface area (TPSA) is 58.6 Å². The van der Waals surface area contributed by atoms with Gasteiger partial charge in [0, 0.05) is 11.6 Å². The maximum Gasteiger partial charge on any atom is 0.304 e. The predicted molar refractivity (Wildman–Crippen MR) is 95.7 cm³/mol. The van der Waals surface area contributed by atoms with Gasteiger partial charge in [0.25, 0.3) is 0 Å². The summed E-state index contributed by atoms with van der Waals surface area (Å²) >= 11 is 5.87. The molecule has 0 fully saturated rings. The normalized spacial score (nSPS) is 10.5. The Morgan fingerprint density at radius 3 is 2.62 bits per heavy atom. The van der Waals surface area contributed by atoms with Gasteiger partial charge in [-0.15, -0.1) is 0 Å². The van der Waals surface area contributed by atoms with Crippen molar-refractivity contribution in [2.75, 3.05) is 13.1 Å². The van der Waals surface area contributed by atoms with Crippen molar-refractivity contribution < 1.29 is 14.6 Å². The van der Waals surface area contributed by atoms with E-state index in [9.17, 15) is 4.79 Å². The number of ether oxygens (including phenoxy) is 1. The standard InChI is InChI=1S/C19H22ClNO3/c20-17-8-6-16(7-9-17)14-24-18-5-1-3-15(13-18)4-2-11-21-12-10-19(22)23/h1,3,5-9,13,21H,2,4,10-12,14H2,(H,22,23). The number of halogens is 1. The zero-order valence-electron chi connectivity index (χ0n) is 13.5. The van der Waals surface area contributed by atoms with Gasteiger partial charge in [0.2, 0.25) is 0 Å². The fraction of sp³-hybridized carbons (Fsp3) is 0.316. The lowest BCUT2D eigenvalue weighted by Gasteiger charge is -2.09. The molecule has 2 rings (SSSR count). The highest BCUT2D eigenvalue weighted by atomic mass is 35.5. The van der Waals surface area contributed by atoms with Crippen LogP contribution in [0, 0.1) is 0 Å². The molecule has 24 heavy (non-hydrogen) atoms. The molecule has 2 N–H and O–H groups in total. The lowest BCUT2D eigenvalue weighted by molar-refractivity contribution is -0.136. The average molecular weight is 348 g/mol. The van der Waals surface area contributed by atoms with E-state index in [2.05, 4.69) is 11.4 Å². The van der Waals surface area contributed by atoms with Gasteiger partial charge in [0.1, 0.15) is 12.4 Å². The number of carboxylic acid groups (broad SMARTS) is 1. The molecule has 2 aromatic rings. The maximum absolute atomic E-state index is 10.4. The number of aryl methyl sites for hydroxylation is 1. The number of hydrogen-bond donors (Lipinski definition) is 2. The first kappa shape index (κ1) is 18.3. The van der Waals surface area contributed by atoms with Crippen molar-refractivity contribution in [1.82, 2.24) is 5.32 Å². The summed E-state index contributed by atoms with van der Waals surface area (Å²) in [7, 11) is 0. The van der Waals surface area contributed by atoms with Crippen molar-refractivity contribution in [3.05, 3.63) is 64.7 Å². The van der Waals surface area contributed by atoms with E-state index in [1.54, 1.807) is 0 Å². The summed E-state index contributed by atoms with van der Waals surface area (Å²) < 4.78 is 5.82. The molecule has 0 aromatic heterocycles. The van der Waals surface area contributed by atoms with Crippen LogP contribution in [-0.2, 0) is 17.8 Å². The Morgan fingerprint density at radius 2 is 1.88 bits per heavy atom. The second kappa shape index (κ2) is 9.96. The number of aliphatic carboxylic acids is 1. The van der Waals surface area contributed by atoms with Gasteiger partial charge in [-0.2, -0.15) is 0 Å². The van der Waals surface area contributed by atoms with Crippen LogP contribution in [0.3, 0.4) is 0 Å². The van der Waals surface area contributed by atoms with E-state index in [0.29, 0.717) is 13.2 Å². The molecule has 0 bridgehead atoms. The van der Waals surface area contributed by atoms with Gasteiger partial charge in [0.15, 0.2) is 0 Å². The van der Waals surface area contributed by atoms with Crippen molar-refractivity contribution in [3.8, 4) is 5.75 Å². The predicted octanol–water partition coefficient (Wildman–Crippen LogP) is 3.92. The van der Waals surface area contributed by atoms with Gasteiger partial charge in [-0.25, -0.2) is 0 Å². The molecule has 128 valence electrons. The highest BCUT2D eigenvalue weighted by Gasteiger charge is 2.00. The van der Waals surface area contributed by atoms with Crippen LogP contribution in [-0.4, -0.2) is 24.2 Å². The first-order valence-corrected chi connectivity index (χ1v) is 8.40. The van der Waals surface area contributed by atoms with Gasteiger partial charge in [-0.1, -0.05) is 35.9 Å². The summed E-state index contributed by atoms with van der Waals surface area (Å²) in [6, 6.07) is 15.7. The third-order valence-electron chi connectivity index (χ3n) is 3.55. The minimum Gasteiger partial charge on any atom is -0.489 e. The van der Waals surface area contributed by atoms with Crippen LogP contribution in [0.4, 0.5) is 0 Å². The lowest BCUT2D eigenvalue weighted by Crippen LogP contribution is -2.19. The Balaban J connectivity index is 1.72. The lowest BCUT2D eigenvalue weighted by atomic mass is 10.1. The molecule has 0 saturated heterocycles. The van der Waals surface area contributed by atoms with E-state index in [-0.39, 0.29) is 6.42 Å². The van der Waals surface area contributed by atoms with E-state index < -0.39 is 5.97 Å². The summed E-state index contributed by atoms with van der Waals surface area (Å²) in [5, 5.41) is 12.4. The zero-order chi connectivity index (χ0) is 17.2. The number of carbonyl (C=O) groups is 1. The molecule has 0 aliphatic rings. The van der Waals surface area contributed by atoms with Crippen LogP contribution >= 0.6 is 11.6 Å². The molecule has 0 saturated carbocycles. The number of rotatable bonds is 10. The van der Waals surface area contributed by atoms with Crippen LogP contribution in [0.1, 0.15) is 24.0 Å². The highest BCUT2D eigenvalue weighted by molar-refractivity contribution is 6.30. The fourth-order valence-electron chi connectivity index (χ4n) is 2.28. The molecule has 4 nitrogen and oxygen atoms in total. The van der Waals surface area contributed by atoms with Gasteiger partial charge >= 0.3 is 5.97 Å². The number of nitrogens with one attached hydrogen (secondary N) is 1. The monoisotopic (exact) mass is 347 g/mol. The Kier molecular flexibility index (Phi) is 7.59. The largest absolute Gasteiger partial charge is 0.489 e. The van der Waals surface area contributed by atoms with E-state index >= 15 is 0 Å². The van der Waals surface area contributed by atoms with Crippen LogP contribution in [0.5, 0.6) is 5.75 Å². The summed E-state index contributed by atoms with van der Waals surface area (Å²) in [6.07, 6.45) is 2.05. The van der Waals surface area contributed by atoms with Crippen molar-refractivity contribution in [2.45, 2.75) is 25.9 Å². The molecule has 0 radical (unpaired) electrons. The molecule has 0 atom stereocenters. The van der Waals surface area contributed by atoms with Crippen molar-refractivity contribution in [2.24, 2.45) is 0 Å².